The molecular weight excluding hydrogens is 199 g/mol. The molecule has 1 radical (unpaired) electrons. The molecule has 0 bridgehead atoms. The van der Waals surface area contributed by atoms with Crippen molar-refractivity contribution in [3.63, 3.8) is 0 Å². The van der Waals surface area contributed by atoms with E-state index in [0.717, 1.165) is 6.42 Å². The first-order valence-corrected chi connectivity index (χ1v) is 2.43. The average Bonchev–Trinajstić information content (AvgIpc) is 2.71. The first-order chi connectivity index (χ1) is 5.50. The largest absolute Gasteiger partial charge is 0 e. The molecule has 0 heterocycles. The maximum absolute atomic E-state index is 7.50. The molecule has 12 heavy (non-hydrogen) atoms. The minimum absolute atomic E-state index is 0. The molecule has 0 amide bonds. The van der Waals surface area contributed by atoms with E-state index < -0.39 is 0 Å². The molecule has 1 aliphatic carbocycles. The summed E-state index contributed by atoms with van der Waals surface area (Å²) in [4.78, 5) is 0. The van der Waals surface area contributed by atoms with Crippen LogP contribution in [0.1, 0.15) is 6.42 Å². The Hall–Kier alpha value is -0.781. The first-order valence-electron chi connectivity index (χ1n) is 2.43. The van der Waals surface area contributed by atoms with Crippen LogP contribution in [0.3, 0.4) is 0 Å². The molecule has 0 saturated carbocycles. The summed E-state index contributed by atoms with van der Waals surface area (Å²) in [5, 5.41) is 0. The molecule has 1 rings (SSSR count). The van der Waals surface area contributed by atoms with E-state index in [4.69, 9.17) is 14.0 Å². The van der Waals surface area contributed by atoms with Crippen molar-refractivity contribution in [1.82, 2.24) is 0 Å². The van der Waals surface area contributed by atoms with Crippen LogP contribution >= 0.6 is 0 Å². The summed E-state index contributed by atoms with van der Waals surface area (Å²) in [5.41, 5.74) is 0. The third-order valence-electron chi connectivity index (χ3n) is 0.655. The summed E-state index contributed by atoms with van der Waals surface area (Å²) >= 11 is 0. The Kier molecular flexibility index (Phi) is 91.4. The van der Waals surface area contributed by atoms with Gasteiger partial charge in [-0.15, -0.1) is 0 Å². The second-order valence-electron chi connectivity index (χ2n) is 1.09. The molecule has 1 aliphatic rings. The van der Waals surface area contributed by atoms with Gasteiger partial charge in [0.05, 0.1) is 0 Å². The second-order valence-corrected chi connectivity index (χ2v) is 1.09. The maximum Gasteiger partial charge on any atom is 0 e. The fourth-order valence-corrected chi connectivity index (χ4v) is 0.393. The zero-order valence-corrected chi connectivity index (χ0v) is 7.30. The quantitative estimate of drug-likeness (QED) is 0.326. The van der Waals surface area contributed by atoms with Gasteiger partial charge in [-0.05, 0) is 6.42 Å². The van der Waals surface area contributed by atoms with Crippen LogP contribution in [0.4, 0.5) is 0 Å². The van der Waals surface area contributed by atoms with E-state index in [1.54, 1.807) is 0 Å². The Morgan fingerprint density at radius 2 is 1.00 bits per heavy atom. The number of hydrogen-bond acceptors (Lipinski definition) is 0. The predicted molar refractivity (Wildman–Crippen MR) is 34.7 cm³/mol. The molecule has 0 aliphatic heterocycles. The molecule has 0 fully saturated rings. The van der Waals surface area contributed by atoms with E-state index in [-0.39, 0.29) is 17.1 Å². The molecule has 0 N–H and O–H groups in total. The van der Waals surface area contributed by atoms with Crippen LogP contribution < -0.4 is 0 Å². The minimum atomic E-state index is 0. The Bertz CT molecular complexity index is 141. The Morgan fingerprint density at radius 3 is 1.08 bits per heavy atom. The summed E-state index contributed by atoms with van der Waals surface area (Å²) in [5.74, 6) is 0. The Balaban J connectivity index is -0.0000000406. The standard InChI is InChI=1S/C5H6.3CO.Mn/c1-2-4-5-3-1;3*1-2;/h1-4H,5H2;;;;. The number of allylic oxidation sites excluding steroid dienone is 4. The normalized spacial score (nSPS) is 7.83. The van der Waals surface area contributed by atoms with Gasteiger partial charge in [0, 0.05) is 17.1 Å². The number of rotatable bonds is 0. The van der Waals surface area contributed by atoms with Crippen LogP contribution in [0.5, 0.6) is 0 Å². The molecule has 0 unspecified atom stereocenters. The van der Waals surface area contributed by atoms with Gasteiger partial charge >= 0.3 is 33.9 Å². The van der Waals surface area contributed by atoms with Gasteiger partial charge in [0.2, 0.25) is 0 Å². The van der Waals surface area contributed by atoms with Crippen molar-refractivity contribution in [2.75, 3.05) is 0 Å². The molecule has 0 saturated heterocycles. The fraction of sp³-hybridized carbons (Fsp3) is 0.125. The smallest absolute Gasteiger partial charge is 0 e. The molecular formula is C8H6MnO3. The Morgan fingerprint density at radius 1 is 0.750 bits per heavy atom. The van der Waals surface area contributed by atoms with Gasteiger partial charge < -0.3 is 0 Å². The molecule has 0 aromatic carbocycles. The molecule has 4 heteroatoms. The second kappa shape index (κ2) is 48.8. The minimum Gasteiger partial charge on any atom is 0 e. The molecule has 0 aromatic rings. The van der Waals surface area contributed by atoms with E-state index in [2.05, 4.69) is 44.3 Å². The molecule has 63 valence electrons. The third kappa shape index (κ3) is 35.0. The van der Waals surface area contributed by atoms with Gasteiger partial charge in [-0.25, -0.2) is 0 Å². The predicted octanol–water partition coefficient (Wildman–Crippen LogP) is 1.39. The van der Waals surface area contributed by atoms with Crippen molar-refractivity contribution in [3.05, 3.63) is 44.3 Å². The molecule has 0 aromatic heterocycles. The topological polar surface area (TPSA) is 59.7 Å². The fourth-order valence-electron chi connectivity index (χ4n) is 0.393. The SMILES string of the molecule is C1=CCC=C1.[C-]#[O+].[C-]#[O+].[C-]#[O+].[Mn]. The summed E-state index contributed by atoms with van der Waals surface area (Å²) < 4.78 is 22.5. The maximum atomic E-state index is 7.50. The van der Waals surface area contributed by atoms with Crippen molar-refractivity contribution in [3.8, 4) is 0 Å². The molecule has 0 atom stereocenters. The summed E-state index contributed by atoms with van der Waals surface area (Å²) in [6, 6.07) is 0. The van der Waals surface area contributed by atoms with Gasteiger partial charge in [0.15, 0.2) is 0 Å². The van der Waals surface area contributed by atoms with Crippen molar-refractivity contribution in [2.45, 2.75) is 6.42 Å². The van der Waals surface area contributed by atoms with Crippen molar-refractivity contribution in [1.29, 1.82) is 0 Å². The Labute approximate surface area is 82.2 Å². The van der Waals surface area contributed by atoms with Crippen LogP contribution in [0.2, 0.25) is 0 Å². The monoisotopic (exact) mass is 205 g/mol. The van der Waals surface area contributed by atoms with Crippen molar-refractivity contribution >= 4 is 0 Å². The van der Waals surface area contributed by atoms with Gasteiger partial charge in [0.25, 0.3) is 0 Å². The van der Waals surface area contributed by atoms with E-state index in [1.165, 1.54) is 0 Å². The third-order valence-corrected chi connectivity index (χ3v) is 0.655. The van der Waals surface area contributed by atoms with Crippen LogP contribution in [-0.4, -0.2) is 0 Å². The first kappa shape index (κ1) is 22.5. The van der Waals surface area contributed by atoms with Crippen LogP contribution in [0.15, 0.2) is 24.3 Å². The molecule has 3 nitrogen and oxygen atoms in total. The summed E-state index contributed by atoms with van der Waals surface area (Å²) in [6.45, 7) is 13.5. The van der Waals surface area contributed by atoms with Gasteiger partial charge in [0.1, 0.15) is 0 Å². The molecule has 0 spiro atoms. The van der Waals surface area contributed by atoms with E-state index >= 15 is 0 Å². The number of hydrogen-bond donors (Lipinski definition) is 0. The van der Waals surface area contributed by atoms with Crippen LogP contribution in [0.25, 0.3) is 0 Å². The zero-order valence-electron chi connectivity index (χ0n) is 6.12. The van der Waals surface area contributed by atoms with E-state index in [9.17, 15) is 0 Å². The van der Waals surface area contributed by atoms with Crippen molar-refractivity contribution < 1.29 is 31.0 Å². The van der Waals surface area contributed by atoms with Gasteiger partial charge in [-0.3, -0.25) is 0 Å². The van der Waals surface area contributed by atoms with Crippen molar-refractivity contribution in [2.24, 2.45) is 0 Å². The summed E-state index contributed by atoms with van der Waals surface area (Å²) in [7, 11) is 0. The van der Waals surface area contributed by atoms with E-state index in [0.29, 0.717) is 0 Å². The van der Waals surface area contributed by atoms with E-state index in [1.807, 2.05) is 0 Å². The summed E-state index contributed by atoms with van der Waals surface area (Å²) in [6.07, 6.45) is 9.50. The van der Waals surface area contributed by atoms with Crippen LogP contribution in [0, 0.1) is 20.0 Å². The van der Waals surface area contributed by atoms with Crippen LogP contribution in [-0.2, 0) is 31.0 Å². The van der Waals surface area contributed by atoms with Gasteiger partial charge in [-0.1, -0.05) is 24.3 Å². The van der Waals surface area contributed by atoms with Gasteiger partial charge in [-0.2, -0.15) is 0 Å². The average molecular weight is 205 g/mol. The zero-order chi connectivity index (χ0) is 9.54.